The Labute approximate surface area is 150 Å². The van der Waals surface area contributed by atoms with Crippen molar-refractivity contribution in [1.29, 1.82) is 0 Å². The third-order valence-electron chi connectivity index (χ3n) is 5.32. The summed E-state index contributed by atoms with van der Waals surface area (Å²) < 4.78 is 2.75. The van der Waals surface area contributed by atoms with E-state index in [0.717, 1.165) is 49.2 Å². The van der Waals surface area contributed by atoms with Crippen molar-refractivity contribution in [3.05, 3.63) is 46.7 Å². The van der Waals surface area contributed by atoms with E-state index in [2.05, 4.69) is 26.3 Å². The molecule has 1 N–H and O–H groups in total. The molecule has 0 atom stereocenters. The molecule has 4 rings (SSSR count). The van der Waals surface area contributed by atoms with Crippen LogP contribution in [0.4, 0.5) is 0 Å². The van der Waals surface area contributed by atoms with Gasteiger partial charge in [-0.05, 0) is 55.5 Å². The van der Waals surface area contributed by atoms with Gasteiger partial charge in [0.15, 0.2) is 5.69 Å². The van der Waals surface area contributed by atoms with Crippen molar-refractivity contribution in [2.45, 2.75) is 19.3 Å². The summed E-state index contributed by atoms with van der Waals surface area (Å²) in [5.41, 5.74) is 1.89. The quantitative estimate of drug-likeness (QED) is 0.860. The van der Waals surface area contributed by atoms with Crippen molar-refractivity contribution < 1.29 is 4.79 Å². The van der Waals surface area contributed by atoms with Crippen LogP contribution in [0.2, 0.25) is 0 Å². The van der Waals surface area contributed by atoms with Crippen LogP contribution < -0.4 is 5.32 Å². The lowest BCUT2D eigenvalue weighted by molar-refractivity contribution is 0.0601. The first-order valence-electron chi connectivity index (χ1n) is 8.47. The summed E-state index contributed by atoms with van der Waals surface area (Å²) in [7, 11) is 0. The first-order chi connectivity index (χ1) is 11.7. The predicted octanol–water partition coefficient (Wildman–Crippen LogP) is 2.85. The predicted molar refractivity (Wildman–Crippen MR) is 96.3 cm³/mol. The lowest BCUT2D eigenvalue weighted by Gasteiger charge is -2.38. The smallest absolute Gasteiger partial charge is 0.274 e. The fraction of sp³-hybridized carbons (Fsp3) is 0.444. The van der Waals surface area contributed by atoms with Crippen LogP contribution in [0.25, 0.3) is 5.69 Å². The molecule has 0 bridgehead atoms. The standard InChI is InChI=1S/C18H21BrN4O/c19-14-2-1-3-15(12-14)23-9-4-16(21-23)17(24)22-10-6-18(7-11-22)5-8-20-13-18/h1-4,9,12,20H,5-8,10-11,13H2. The van der Waals surface area contributed by atoms with Crippen molar-refractivity contribution >= 4 is 21.8 Å². The normalized spacial score (nSPS) is 19.8. The highest BCUT2D eigenvalue weighted by molar-refractivity contribution is 9.10. The maximum absolute atomic E-state index is 12.7. The second kappa shape index (κ2) is 6.33. The second-order valence-electron chi connectivity index (χ2n) is 6.84. The summed E-state index contributed by atoms with van der Waals surface area (Å²) in [5, 5.41) is 7.94. The fourth-order valence-electron chi connectivity index (χ4n) is 3.77. The molecule has 24 heavy (non-hydrogen) atoms. The topological polar surface area (TPSA) is 50.2 Å². The van der Waals surface area contributed by atoms with Gasteiger partial charge in [0.25, 0.3) is 5.91 Å². The van der Waals surface area contributed by atoms with Gasteiger partial charge in [0.05, 0.1) is 5.69 Å². The highest BCUT2D eigenvalue weighted by Gasteiger charge is 2.38. The summed E-state index contributed by atoms with van der Waals surface area (Å²) >= 11 is 3.47. The Morgan fingerprint density at radius 1 is 1.21 bits per heavy atom. The molecule has 1 aromatic carbocycles. The van der Waals surface area contributed by atoms with Gasteiger partial charge in [-0.25, -0.2) is 4.68 Å². The molecule has 2 saturated heterocycles. The minimum Gasteiger partial charge on any atom is -0.337 e. The third-order valence-corrected chi connectivity index (χ3v) is 5.82. The van der Waals surface area contributed by atoms with Gasteiger partial charge < -0.3 is 10.2 Å². The number of benzene rings is 1. The SMILES string of the molecule is O=C(c1ccn(-c2cccc(Br)c2)n1)N1CCC2(CCNC2)CC1. The number of carbonyl (C=O) groups excluding carboxylic acids is 1. The van der Waals surface area contributed by atoms with E-state index in [0.29, 0.717) is 11.1 Å². The highest BCUT2D eigenvalue weighted by Crippen LogP contribution is 2.37. The van der Waals surface area contributed by atoms with E-state index in [4.69, 9.17) is 0 Å². The third kappa shape index (κ3) is 3.00. The van der Waals surface area contributed by atoms with Gasteiger partial charge in [-0.3, -0.25) is 4.79 Å². The molecule has 126 valence electrons. The van der Waals surface area contributed by atoms with Crippen molar-refractivity contribution in [2.24, 2.45) is 5.41 Å². The molecule has 1 aromatic heterocycles. The number of rotatable bonds is 2. The molecule has 0 radical (unpaired) electrons. The van der Waals surface area contributed by atoms with Gasteiger partial charge in [-0.1, -0.05) is 22.0 Å². The lowest BCUT2D eigenvalue weighted by Crippen LogP contribution is -2.44. The summed E-state index contributed by atoms with van der Waals surface area (Å²) in [4.78, 5) is 14.7. The van der Waals surface area contributed by atoms with E-state index >= 15 is 0 Å². The number of amides is 1. The first kappa shape index (κ1) is 15.8. The number of aromatic nitrogens is 2. The van der Waals surface area contributed by atoms with Crippen molar-refractivity contribution in [3.8, 4) is 5.69 Å². The monoisotopic (exact) mass is 388 g/mol. The summed E-state index contributed by atoms with van der Waals surface area (Å²) in [5.74, 6) is 0.0459. The van der Waals surface area contributed by atoms with Gasteiger partial charge in [0.1, 0.15) is 0 Å². The molecule has 2 fully saturated rings. The van der Waals surface area contributed by atoms with Crippen LogP contribution in [0, 0.1) is 5.41 Å². The maximum Gasteiger partial charge on any atom is 0.274 e. The van der Waals surface area contributed by atoms with Crippen molar-refractivity contribution in [3.63, 3.8) is 0 Å². The van der Waals surface area contributed by atoms with Crippen molar-refractivity contribution in [1.82, 2.24) is 20.0 Å². The number of likely N-dealkylation sites (tertiary alicyclic amines) is 1. The molecule has 0 aliphatic carbocycles. The van der Waals surface area contributed by atoms with Crippen LogP contribution in [0.5, 0.6) is 0 Å². The molecule has 3 heterocycles. The Morgan fingerprint density at radius 3 is 2.75 bits per heavy atom. The molecule has 0 saturated carbocycles. The van der Waals surface area contributed by atoms with E-state index in [1.165, 1.54) is 6.42 Å². The van der Waals surface area contributed by atoms with Gasteiger partial charge in [-0.15, -0.1) is 0 Å². The number of piperidine rings is 1. The summed E-state index contributed by atoms with van der Waals surface area (Å²) in [6, 6.07) is 9.70. The average molecular weight is 389 g/mol. The van der Waals surface area contributed by atoms with Crippen LogP contribution in [0.1, 0.15) is 29.8 Å². The number of hydrogen-bond donors (Lipinski definition) is 1. The minimum atomic E-state index is 0.0459. The summed E-state index contributed by atoms with van der Waals surface area (Å²) in [6.45, 7) is 3.89. The number of nitrogens with one attached hydrogen (secondary N) is 1. The van der Waals surface area contributed by atoms with E-state index in [1.54, 1.807) is 4.68 Å². The fourth-order valence-corrected chi connectivity index (χ4v) is 4.16. The highest BCUT2D eigenvalue weighted by atomic mass is 79.9. The molecule has 5 nitrogen and oxygen atoms in total. The van der Waals surface area contributed by atoms with Crippen LogP contribution in [0.15, 0.2) is 41.0 Å². The molecule has 1 spiro atoms. The lowest BCUT2D eigenvalue weighted by atomic mass is 9.78. The van der Waals surface area contributed by atoms with E-state index in [1.807, 2.05) is 41.4 Å². The van der Waals surface area contributed by atoms with Gasteiger partial charge in [0, 0.05) is 30.3 Å². The second-order valence-corrected chi connectivity index (χ2v) is 7.76. The van der Waals surface area contributed by atoms with E-state index < -0.39 is 0 Å². The van der Waals surface area contributed by atoms with Crippen LogP contribution in [-0.4, -0.2) is 46.8 Å². The molecule has 1 amide bonds. The molecule has 6 heteroatoms. The maximum atomic E-state index is 12.7. The largest absolute Gasteiger partial charge is 0.337 e. The molecule has 2 aliphatic heterocycles. The zero-order valence-electron chi connectivity index (χ0n) is 13.5. The molecule has 2 aromatic rings. The Hall–Kier alpha value is -1.66. The molecule has 0 unspecified atom stereocenters. The number of hydrogen-bond acceptors (Lipinski definition) is 3. The molecular formula is C18H21BrN4O. The van der Waals surface area contributed by atoms with Gasteiger partial charge in [-0.2, -0.15) is 5.10 Å². The number of nitrogens with zero attached hydrogens (tertiary/aromatic N) is 3. The number of carbonyl (C=O) groups is 1. The zero-order valence-corrected chi connectivity index (χ0v) is 15.1. The van der Waals surface area contributed by atoms with Crippen LogP contribution >= 0.6 is 15.9 Å². The Morgan fingerprint density at radius 2 is 2.04 bits per heavy atom. The van der Waals surface area contributed by atoms with Gasteiger partial charge >= 0.3 is 0 Å². The Balaban J connectivity index is 1.46. The number of halogens is 1. The van der Waals surface area contributed by atoms with Crippen LogP contribution in [0.3, 0.4) is 0 Å². The Bertz CT molecular complexity index is 741. The van der Waals surface area contributed by atoms with Crippen LogP contribution in [-0.2, 0) is 0 Å². The zero-order chi connectivity index (χ0) is 16.6. The van der Waals surface area contributed by atoms with E-state index in [-0.39, 0.29) is 5.91 Å². The Kier molecular flexibility index (Phi) is 4.18. The minimum absolute atomic E-state index is 0.0459. The van der Waals surface area contributed by atoms with Crippen molar-refractivity contribution in [2.75, 3.05) is 26.2 Å². The molecular weight excluding hydrogens is 368 g/mol. The van der Waals surface area contributed by atoms with Gasteiger partial charge in [0.2, 0.25) is 0 Å². The first-order valence-corrected chi connectivity index (χ1v) is 9.26. The van der Waals surface area contributed by atoms with E-state index in [9.17, 15) is 4.79 Å². The molecule has 2 aliphatic rings. The summed E-state index contributed by atoms with van der Waals surface area (Å²) in [6.07, 6.45) is 5.28. The average Bonchev–Trinajstić information content (AvgIpc) is 3.25.